The molecule has 0 atom stereocenters. The maximum absolute atomic E-state index is 12.4. The lowest BCUT2D eigenvalue weighted by Gasteiger charge is -2.08. The molecule has 0 spiro atoms. The first-order valence-electron chi connectivity index (χ1n) is 9.71. The molecule has 0 radical (unpaired) electrons. The molecule has 0 bridgehead atoms. The number of hydrogen-bond donors (Lipinski definition) is 2. The summed E-state index contributed by atoms with van der Waals surface area (Å²) in [5, 5.41) is 14.8. The first-order valence-corrected chi connectivity index (χ1v) is 10.5. The molecule has 0 aliphatic carbocycles. The fourth-order valence-corrected chi connectivity index (χ4v) is 3.12. The number of carbonyl (C=O) groups excluding carboxylic acids is 2. The molecule has 3 aromatic carbocycles. The van der Waals surface area contributed by atoms with E-state index >= 15 is 0 Å². The molecule has 7 heteroatoms. The van der Waals surface area contributed by atoms with E-state index in [1.807, 2.05) is 43.3 Å². The first kappa shape index (κ1) is 22.8. The van der Waals surface area contributed by atoms with E-state index in [9.17, 15) is 14.9 Å². The summed E-state index contributed by atoms with van der Waals surface area (Å²) in [4.78, 5) is 24.4. The van der Waals surface area contributed by atoms with Crippen molar-refractivity contribution in [2.75, 3.05) is 17.2 Å². The van der Waals surface area contributed by atoms with Crippen molar-refractivity contribution in [2.24, 2.45) is 0 Å². The maximum atomic E-state index is 12.4. The van der Waals surface area contributed by atoms with Crippen LogP contribution in [-0.2, 0) is 9.59 Å². The van der Waals surface area contributed by atoms with Crippen molar-refractivity contribution in [2.45, 2.75) is 6.92 Å². The summed E-state index contributed by atoms with van der Waals surface area (Å²) in [5.41, 5.74) is 3.02. The summed E-state index contributed by atoms with van der Waals surface area (Å²) in [5.74, 6) is -0.272. The standard InChI is InChI=1S/C25H20BrN3O3/c1-17-5-9-21(10-6-17)28-24(30)16-32-23-11-7-18(8-12-23)13-19(15-27)25(31)29-22-4-2-3-20(26)14-22/h2-14H,16H2,1H3,(H,28,30)(H,29,31)/b19-13+. The van der Waals surface area contributed by atoms with E-state index in [1.165, 1.54) is 6.08 Å². The Kier molecular flexibility index (Phi) is 7.79. The predicted octanol–water partition coefficient (Wildman–Crippen LogP) is 5.32. The second-order valence-electron chi connectivity index (χ2n) is 6.91. The number of nitrogens with one attached hydrogen (secondary N) is 2. The minimum absolute atomic E-state index is 0.0314. The number of nitrogens with zero attached hydrogens (tertiary/aromatic N) is 1. The largest absolute Gasteiger partial charge is 0.484 e. The summed E-state index contributed by atoms with van der Waals surface area (Å²) in [7, 11) is 0. The number of ether oxygens (including phenoxy) is 1. The average Bonchev–Trinajstić information content (AvgIpc) is 2.78. The molecule has 2 N–H and O–H groups in total. The molecule has 3 aromatic rings. The zero-order valence-electron chi connectivity index (χ0n) is 17.3. The smallest absolute Gasteiger partial charge is 0.266 e. The third kappa shape index (κ3) is 6.83. The van der Waals surface area contributed by atoms with Gasteiger partial charge in [-0.1, -0.05) is 51.8 Å². The van der Waals surface area contributed by atoms with E-state index in [2.05, 4.69) is 26.6 Å². The third-order valence-corrected chi connectivity index (χ3v) is 4.84. The van der Waals surface area contributed by atoms with Gasteiger partial charge in [0.25, 0.3) is 11.8 Å². The third-order valence-electron chi connectivity index (χ3n) is 4.34. The molecule has 160 valence electrons. The van der Waals surface area contributed by atoms with Gasteiger partial charge in [0, 0.05) is 15.8 Å². The summed E-state index contributed by atoms with van der Waals surface area (Å²) in [6.45, 7) is 1.84. The SMILES string of the molecule is Cc1ccc(NC(=O)COc2ccc(/C=C(\C#N)C(=O)Nc3cccc(Br)c3)cc2)cc1. The Bertz CT molecular complexity index is 1180. The van der Waals surface area contributed by atoms with Gasteiger partial charge < -0.3 is 15.4 Å². The molecule has 2 amide bonds. The highest BCUT2D eigenvalue weighted by Crippen LogP contribution is 2.18. The Balaban J connectivity index is 1.57. The van der Waals surface area contributed by atoms with Gasteiger partial charge in [-0.25, -0.2) is 0 Å². The molecule has 0 saturated heterocycles. The number of anilines is 2. The highest BCUT2D eigenvalue weighted by molar-refractivity contribution is 9.10. The Morgan fingerprint density at radius 2 is 1.72 bits per heavy atom. The molecule has 0 saturated carbocycles. The lowest BCUT2D eigenvalue weighted by atomic mass is 10.1. The molecule has 0 aliphatic rings. The number of amides is 2. The Morgan fingerprint density at radius 3 is 2.38 bits per heavy atom. The van der Waals surface area contributed by atoms with Crippen molar-refractivity contribution < 1.29 is 14.3 Å². The summed E-state index contributed by atoms with van der Waals surface area (Å²) < 4.78 is 6.33. The lowest BCUT2D eigenvalue weighted by molar-refractivity contribution is -0.118. The highest BCUT2D eigenvalue weighted by atomic mass is 79.9. The van der Waals surface area contributed by atoms with Gasteiger partial charge in [-0.05, 0) is 61.0 Å². The highest BCUT2D eigenvalue weighted by Gasteiger charge is 2.10. The van der Waals surface area contributed by atoms with E-state index in [-0.39, 0.29) is 18.1 Å². The molecule has 32 heavy (non-hydrogen) atoms. The Labute approximate surface area is 194 Å². The quantitative estimate of drug-likeness (QED) is 0.347. The van der Waals surface area contributed by atoms with E-state index in [4.69, 9.17) is 4.74 Å². The molecular weight excluding hydrogens is 470 g/mol. The molecule has 0 aromatic heterocycles. The maximum Gasteiger partial charge on any atom is 0.266 e. The summed E-state index contributed by atoms with van der Waals surface area (Å²) >= 11 is 3.34. The molecule has 3 rings (SSSR count). The number of rotatable bonds is 7. The van der Waals surface area contributed by atoms with Crippen LogP contribution in [0.15, 0.2) is 82.8 Å². The van der Waals surface area contributed by atoms with Gasteiger partial charge in [-0.2, -0.15) is 5.26 Å². The van der Waals surface area contributed by atoms with E-state index in [0.717, 1.165) is 10.0 Å². The predicted molar refractivity (Wildman–Crippen MR) is 128 cm³/mol. The molecule has 0 fully saturated rings. The van der Waals surface area contributed by atoms with Gasteiger partial charge in [0.1, 0.15) is 17.4 Å². The number of aryl methyl sites for hydroxylation is 1. The normalized spacial score (nSPS) is 10.7. The number of benzene rings is 3. The topological polar surface area (TPSA) is 91.2 Å². The fraction of sp³-hybridized carbons (Fsp3) is 0.0800. The second-order valence-corrected chi connectivity index (χ2v) is 7.82. The fourth-order valence-electron chi connectivity index (χ4n) is 2.72. The number of hydrogen-bond acceptors (Lipinski definition) is 4. The van der Waals surface area contributed by atoms with Gasteiger partial charge >= 0.3 is 0 Å². The van der Waals surface area contributed by atoms with Crippen LogP contribution in [0.2, 0.25) is 0 Å². The van der Waals surface area contributed by atoms with Crippen LogP contribution in [-0.4, -0.2) is 18.4 Å². The number of carbonyl (C=O) groups is 2. The van der Waals surface area contributed by atoms with Crippen LogP contribution in [0, 0.1) is 18.3 Å². The summed E-state index contributed by atoms with van der Waals surface area (Å²) in [6, 6.07) is 23.3. The second kappa shape index (κ2) is 10.9. The monoisotopic (exact) mass is 489 g/mol. The van der Waals surface area contributed by atoms with E-state index < -0.39 is 5.91 Å². The van der Waals surface area contributed by atoms with E-state index in [0.29, 0.717) is 22.7 Å². The van der Waals surface area contributed by atoms with Crippen LogP contribution in [0.1, 0.15) is 11.1 Å². The Morgan fingerprint density at radius 1 is 1.00 bits per heavy atom. The van der Waals surface area contributed by atoms with Crippen LogP contribution >= 0.6 is 15.9 Å². The van der Waals surface area contributed by atoms with Gasteiger partial charge in [0.05, 0.1) is 0 Å². The summed E-state index contributed by atoms with van der Waals surface area (Å²) in [6.07, 6.45) is 1.49. The van der Waals surface area contributed by atoms with Crippen molar-refractivity contribution in [1.82, 2.24) is 0 Å². The van der Waals surface area contributed by atoms with Crippen LogP contribution < -0.4 is 15.4 Å². The molecule has 0 heterocycles. The van der Waals surface area contributed by atoms with Crippen LogP contribution in [0.25, 0.3) is 6.08 Å². The molecule has 6 nitrogen and oxygen atoms in total. The van der Waals surface area contributed by atoms with E-state index in [1.54, 1.807) is 42.5 Å². The van der Waals surface area contributed by atoms with Crippen LogP contribution in [0.4, 0.5) is 11.4 Å². The van der Waals surface area contributed by atoms with Gasteiger partial charge in [-0.15, -0.1) is 0 Å². The zero-order valence-corrected chi connectivity index (χ0v) is 18.8. The van der Waals surface area contributed by atoms with Crippen LogP contribution in [0.5, 0.6) is 5.75 Å². The zero-order chi connectivity index (χ0) is 22.9. The molecule has 0 unspecified atom stereocenters. The van der Waals surface area contributed by atoms with Gasteiger partial charge in [0.2, 0.25) is 0 Å². The van der Waals surface area contributed by atoms with Crippen molar-refractivity contribution in [3.63, 3.8) is 0 Å². The van der Waals surface area contributed by atoms with Crippen LogP contribution in [0.3, 0.4) is 0 Å². The minimum Gasteiger partial charge on any atom is -0.484 e. The molecular formula is C25H20BrN3O3. The molecule has 0 aliphatic heterocycles. The first-order chi connectivity index (χ1) is 15.4. The van der Waals surface area contributed by atoms with Crippen molar-refractivity contribution in [1.29, 1.82) is 5.26 Å². The van der Waals surface area contributed by atoms with Gasteiger partial charge in [0.15, 0.2) is 6.61 Å². The number of halogens is 1. The van der Waals surface area contributed by atoms with Crippen molar-refractivity contribution in [3.8, 4) is 11.8 Å². The van der Waals surface area contributed by atoms with Crippen molar-refractivity contribution >= 4 is 45.2 Å². The minimum atomic E-state index is -0.501. The number of nitriles is 1. The van der Waals surface area contributed by atoms with Crippen molar-refractivity contribution in [3.05, 3.63) is 94.0 Å². The van der Waals surface area contributed by atoms with Gasteiger partial charge in [-0.3, -0.25) is 9.59 Å². The average molecular weight is 490 g/mol. The lowest BCUT2D eigenvalue weighted by Crippen LogP contribution is -2.20. The Hall–Kier alpha value is -3.89.